The maximum Gasteiger partial charge on any atom is 0.254 e. The summed E-state index contributed by atoms with van der Waals surface area (Å²) >= 11 is 1.63. The topological polar surface area (TPSA) is 78.2 Å². The van der Waals surface area contributed by atoms with Gasteiger partial charge in [-0.05, 0) is 36.8 Å². The lowest BCUT2D eigenvalue weighted by molar-refractivity contribution is -0.117. The quantitative estimate of drug-likeness (QED) is 0.486. The molecule has 162 valence electrons. The highest BCUT2D eigenvalue weighted by molar-refractivity contribution is 7.11. The number of nitrogens with two attached hydrogens (primary N) is 1. The maximum absolute atomic E-state index is 12.5. The van der Waals surface area contributed by atoms with Crippen molar-refractivity contribution in [3.63, 3.8) is 0 Å². The van der Waals surface area contributed by atoms with Gasteiger partial charge in [0.05, 0.1) is 13.0 Å². The zero-order chi connectivity index (χ0) is 22.8. The zero-order valence-corrected chi connectivity index (χ0v) is 19.6. The van der Waals surface area contributed by atoms with Gasteiger partial charge in [0, 0.05) is 23.5 Å². The molecule has 0 saturated carbocycles. The van der Waals surface area contributed by atoms with Crippen molar-refractivity contribution in [2.45, 2.75) is 59.9 Å². The summed E-state index contributed by atoms with van der Waals surface area (Å²) in [6.45, 7) is 18.0. The lowest BCUT2D eigenvalue weighted by Gasteiger charge is -2.15. The van der Waals surface area contributed by atoms with Crippen LogP contribution in [0.1, 0.15) is 56.1 Å². The van der Waals surface area contributed by atoms with Crippen molar-refractivity contribution >= 4 is 28.6 Å². The molecule has 6 nitrogen and oxygen atoms in total. The van der Waals surface area contributed by atoms with E-state index in [0.717, 1.165) is 22.6 Å². The number of benzene rings is 1. The lowest BCUT2D eigenvalue weighted by Crippen LogP contribution is -2.07. The Labute approximate surface area is 187 Å². The van der Waals surface area contributed by atoms with E-state index in [-0.39, 0.29) is 17.2 Å². The van der Waals surface area contributed by atoms with E-state index in [1.807, 2.05) is 44.3 Å². The molecule has 0 amide bonds. The van der Waals surface area contributed by atoms with Crippen LogP contribution in [0.3, 0.4) is 0 Å². The van der Waals surface area contributed by atoms with Crippen molar-refractivity contribution in [3.8, 4) is 11.3 Å². The molecule has 7 heteroatoms. The zero-order valence-electron chi connectivity index (χ0n) is 18.8. The van der Waals surface area contributed by atoms with E-state index in [2.05, 4.69) is 35.7 Å². The van der Waals surface area contributed by atoms with E-state index in [0.29, 0.717) is 30.0 Å². The fourth-order valence-corrected chi connectivity index (χ4v) is 4.66. The molecular formula is C24H29N5OS. The fourth-order valence-electron chi connectivity index (χ4n) is 3.41. The Morgan fingerprint density at radius 3 is 2.48 bits per heavy atom. The molecule has 0 aliphatic rings. The molecule has 0 unspecified atom stereocenters. The monoisotopic (exact) mass is 435 g/mol. The minimum Gasteiger partial charge on any atom is -0.393 e. The van der Waals surface area contributed by atoms with Gasteiger partial charge in [0.15, 0.2) is 0 Å². The van der Waals surface area contributed by atoms with E-state index in [4.69, 9.17) is 12.3 Å². The van der Waals surface area contributed by atoms with Gasteiger partial charge in [-0.25, -0.2) is 9.83 Å². The van der Waals surface area contributed by atoms with Crippen LogP contribution < -0.4 is 5.73 Å². The van der Waals surface area contributed by atoms with Crippen LogP contribution in [0.2, 0.25) is 0 Å². The molecule has 1 aromatic carbocycles. The summed E-state index contributed by atoms with van der Waals surface area (Å²) in [5.74, 6) is 0.521. The van der Waals surface area contributed by atoms with Crippen LogP contribution >= 0.6 is 11.3 Å². The van der Waals surface area contributed by atoms with Crippen molar-refractivity contribution in [2.24, 2.45) is 5.41 Å². The second-order valence-electron chi connectivity index (χ2n) is 9.28. The Morgan fingerprint density at radius 2 is 1.90 bits per heavy atom. The Kier molecular flexibility index (Phi) is 6.61. The highest BCUT2D eigenvalue weighted by Crippen LogP contribution is 2.36. The fraction of sp³-hybridized carbons (Fsp3) is 0.417. The minimum atomic E-state index is 0.0703. The van der Waals surface area contributed by atoms with E-state index < -0.39 is 0 Å². The number of ketones is 1. The molecule has 31 heavy (non-hydrogen) atoms. The van der Waals surface area contributed by atoms with Crippen LogP contribution in [-0.2, 0) is 24.1 Å². The molecule has 0 radical (unpaired) electrons. The first-order chi connectivity index (χ1) is 14.6. The molecule has 3 aromatic rings. The SMILES string of the molecule is [C-]#[N+]c1c(-c2ccc(CC(=O)Cc3ncc(CC(C)(C)C)s3)cc2)nn(C(C)C)c1N. The van der Waals surface area contributed by atoms with Gasteiger partial charge in [-0.3, -0.25) is 9.48 Å². The summed E-state index contributed by atoms with van der Waals surface area (Å²) in [5.41, 5.74) is 9.00. The van der Waals surface area contributed by atoms with Crippen molar-refractivity contribution in [3.05, 3.63) is 57.3 Å². The predicted molar refractivity (Wildman–Crippen MR) is 126 cm³/mol. The van der Waals surface area contributed by atoms with Crippen LogP contribution in [-0.4, -0.2) is 20.5 Å². The van der Waals surface area contributed by atoms with Crippen LogP contribution in [0.15, 0.2) is 30.5 Å². The highest BCUT2D eigenvalue weighted by atomic mass is 32.1. The summed E-state index contributed by atoms with van der Waals surface area (Å²) in [6.07, 6.45) is 3.56. The van der Waals surface area contributed by atoms with Gasteiger partial charge in [0.2, 0.25) is 0 Å². The molecule has 0 bridgehead atoms. The first-order valence-electron chi connectivity index (χ1n) is 10.4. The van der Waals surface area contributed by atoms with E-state index in [9.17, 15) is 4.79 Å². The molecule has 0 fully saturated rings. The molecule has 2 heterocycles. The number of nitrogen functional groups attached to an aromatic ring is 1. The minimum absolute atomic E-state index is 0.0703. The Hall–Kier alpha value is -2.98. The van der Waals surface area contributed by atoms with Gasteiger partial charge in [0.1, 0.15) is 22.3 Å². The third-order valence-corrected chi connectivity index (χ3v) is 5.80. The normalized spacial score (nSPS) is 11.6. The second-order valence-corrected chi connectivity index (χ2v) is 10.5. The molecule has 2 N–H and O–H groups in total. The second kappa shape index (κ2) is 9.03. The summed E-state index contributed by atoms with van der Waals surface area (Å²) in [7, 11) is 0. The van der Waals surface area contributed by atoms with E-state index in [1.54, 1.807) is 16.0 Å². The van der Waals surface area contributed by atoms with E-state index >= 15 is 0 Å². The highest BCUT2D eigenvalue weighted by Gasteiger charge is 2.19. The first-order valence-corrected chi connectivity index (χ1v) is 11.2. The molecule has 0 saturated heterocycles. The van der Waals surface area contributed by atoms with Crippen LogP contribution in [0.25, 0.3) is 16.1 Å². The molecule has 0 spiro atoms. The average Bonchev–Trinajstić information content (AvgIpc) is 3.24. The van der Waals surface area contributed by atoms with Crippen LogP contribution in [0, 0.1) is 12.0 Å². The van der Waals surface area contributed by atoms with E-state index in [1.165, 1.54) is 4.88 Å². The largest absolute Gasteiger partial charge is 0.393 e. The molecule has 0 aliphatic heterocycles. The summed E-state index contributed by atoms with van der Waals surface area (Å²) in [6, 6.07) is 7.70. The van der Waals surface area contributed by atoms with Gasteiger partial charge < -0.3 is 5.73 Å². The Morgan fingerprint density at radius 1 is 1.23 bits per heavy atom. The van der Waals surface area contributed by atoms with Gasteiger partial charge >= 0.3 is 0 Å². The maximum atomic E-state index is 12.5. The molecular weight excluding hydrogens is 406 g/mol. The third-order valence-electron chi connectivity index (χ3n) is 4.81. The summed E-state index contributed by atoms with van der Waals surface area (Å²) < 4.78 is 1.67. The number of carbonyl (C=O) groups is 1. The first kappa shape index (κ1) is 22.7. The Balaban J connectivity index is 1.68. The standard InChI is InChI=1S/C24H29N5OS/c1-15(2)29-23(25)22(26-6)21(28-29)17-9-7-16(8-10-17)11-18(30)12-20-27-14-19(31-20)13-24(3,4)5/h7-10,14-15H,11-13,25H2,1-5H3. The van der Waals surface area contributed by atoms with Crippen LogP contribution in [0.5, 0.6) is 0 Å². The van der Waals surface area contributed by atoms with Crippen molar-refractivity contribution < 1.29 is 4.79 Å². The smallest absolute Gasteiger partial charge is 0.254 e. The molecule has 3 rings (SSSR count). The number of nitrogens with zero attached hydrogens (tertiary/aromatic N) is 4. The number of Topliss-reactive ketones (excluding diaryl/α,β-unsaturated/α-hetero) is 1. The number of hydrogen-bond donors (Lipinski definition) is 1. The number of aromatic nitrogens is 3. The summed E-state index contributed by atoms with van der Waals surface area (Å²) in [5, 5.41) is 5.40. The number of thiazole rings is 1. The number of rotatable bonds is 7. The number of anilines is 1. The van der Waals surface area contributed by atoms with Gasteiger partial charge in [-0.2, -0.15) is 5.10 Å². The number of carbonyl (C=O) groups excluding carboxylic acids is 1. The number of hydrogen-bond acceptors (Lipinski definition) is 5. The average molecular weight is 436 g/mol. The van der Waals surface area contributed by atoms with Crippen molar-refractivity contribution in [2.75, 3.05) is 5.73 Å². The van der Waals surface area contributed by atoms with Crippen molar-refractivity contribution in [1.82, 2.24) is 14.8 Å². The summed E-state index contributed by atoms with van der Waals surface area (Å²) in [4.78, 5) is 21.8. The molecule has 0 aliphatic carbocycles. The van der Waals surface area contributed by atoms with Gasteiger partial charge in [-0.15, -0.1) is 11.3 Å². The van der Waals surface area contributed by atoms with Gasteiger partial charge in [0.25, 0.3) is 5.69 Å². The lowest BCUT2D eigenvalue weighted by atomic mass is 9.92. The Bertz CT molecular complexity index is 1110. The molecule has 2 aromatic heterocycles. The molecule has 0 atom stereocenters. The predicted octanol–water partition coefficient (Wildman–Crippen LogP) is 5.66. The third kappa shape index (κ3) is 5.59. The van der Waals surface area contributed by atoms with Crippen LogP contribution in [0.4, 0.5) is 11.5 Å². The van der Waals surface area contributed by atoms with Gasteiger partial charge in [-0.1, -0.05) is 45.0 Å². The van der Waals surface area contributed by atoms with Crippen molar-refractivity contribution in [1.29, 1.82) is 0 Å².